The van der Waals surface area contributed by atoms with Crippen LogP contribution in [0.25, 0.3) is 11.1 Å². The summed E-state index contributed by atoms with van der Waals surface area (Å²) in [5.41, 5.74) is 6.06. The number of nitrogens with zero attached hydrogens (tertiary/aromatic N) is 3. The van der Waals surface area contributed by atoms with Crippen LogP contribution in [0.5, 0.6) is 0 Å². The summed E-state index contributed by atoms with van der Waals surface area (Å²) < 4.78 is 0. The van der Waals surface area contributed by atoms with Gasteiger partial charge in [0.25, 0.3) is 0 Å². The lowest BCUT2D eigenvalue weighted by Gasteiger charge is -2.07. The van der Waals surface area contributed by atoms with Crippen molar-refractivity contribution in [1.29, 1.82) is 0 Å². The van der Waals surface area contributed by atoms with E-state index in [0.717, 1.165) is 23.5 Å². The van der Waals surface area contributed by atoms with E-state index < -0.39 is 0 Å². The highest BCUT2D eigenvalue weighted by molar-refractivity contribution is 5.87. The molecule has 0 N–H and O–H groups in total. The van der Waals surface area contributed by atoms with Gasteiger partial charge in [-0.15, -0.1) is 0 Å². The molecule has 1 aromatic carbocycles. The molecule has 2 heterocycles. The molecule has 0 radical (unpaired) electrons. The Morgan fingerprint density at radius 1 is 1.00 bits per heavy atom. The molecule has 0 aliphatic carbocycles. The van der Waals surface area contributed by atoms with Gasteiger partial charge in [-0.25, -0.2) is 9.97 Å². The van der Waals surface area contributed by atoms with Gasteiger partial charge in [-0.2, -0.15) is 0 Å². The van der Waals surface area contributed by atoms with Crippen molar-refractivity contribution in [1.82, 2.24) is 9.97 Å². The molecule has 2 aromatic rings. The Kier molecular flexibility index (Phi) is 2.25. The number of fused-ring (bicyclic) bond motifs is 1. The number of hydrogen-bond acceptors (Lipinski definition) is 3. The minimum Gasteiger partial charge on any atom is -0.288 e. The van der Waals surface area contributed by atoms with Gasteiger partial charge in [0.15, 0.2) is 0 Å². The quantitative estimate of drug-likeness (QED) is 0.745. The lowest BCUT2D eigenvalue weighted by atomic mass is 9.98. The van der Waals surface area contributed by atoms with Crippen LogP contribution >= 0.6 is 0 Å². The molecule has 84 valence electrons. The maximum atomic E-state index is 4.30. The van der Waals surface area contributed by atoms with Crippen LogP contribution in [0, 0.1) is 13.8 Å². The third kappa shape index (κ3) is 1.73. The Morgan fingerprint density at radius 3 is 2.53 bits per heavy atom. The van der Waals surface area contributed by atoms with Gasteiger partial charge in [-0.3, -0.25) is 4.99 Å². The van der Waals surface area contributed by atoms with E-state index in [1.807, 2.05) is 25.5 Å². The summed E-state index contributed by atoms with van der Waals surface area (Å²) in [5.74, 6) is 0.799. The van der Waals surface area contributed by atoms with Gasteiger partial charge in [0, 0.05) is 24.2 Å². The van der Waals surface area contributed by atoms with Crippen LogP contribution in [0.4, 0.5) is 0 Å². The number of benzene rings is 1. The van der Waals surface area contributed by atoms with Gasteiger partial charge < -0.3 is 0 Å². The fraction of sp³-hybridized carbons (Fsp3) is 0.214. The van der Waals surface area contributed by atoms with Crippen LogP contribution in [-0.4, -0.2) is 16.2 Å². The third-order valence-corrected chi connectivity index (χ3v) is 3.10. The first-order chi connectivity index (χ1) is 8.24. The summed E-state index contributed by atoms with van der Waals surface area (Å²) in [5, 5.41) is 0. The van der Waals surface area contributed by atoms with Crippen LogP contribution in [-0.2, 0) is 6.54 Å². The van der Waals surface area contributed by atoms with Gasteiger partial charge in [0.2, 0.25) is 0 Å². The average molecular weight is 223 g/mol. The second-order valence-corrected chi connectivity index (χ2v) is 4.35. The highest BCUT2D eigenvalue weighted by Gasteiger charge is 2.11. The van der Waals surface area contributed by atoms with Crippen LogP contribution in [0.15, 0.2) is 29.5 Å². The summed E-state index contributed by atoms with van der Waals surface area (Å²) in [6, 6.07) is 4.34. The topological polar surface area (TPSA) is 38.1 Å². The van der Waals surface area contributed by atoms with Crippen molar-refractivity contribution in [2.45, 2.75) is 20.4 Å². The predicted octanol–water partition coefficient (Wildman–Crippen LogP) is 2.69. The van der Waals surface area contributed by atoms with Gasteiger partial charge in [-0.1, -0.05) is 6.07 Å². The molecule has 3 nitrogen and oxygen atoms in total. The van der Waals surface area contributed by atoms with Crippen LogP contribution in [0.1, 0.15) is 22.5 Å². The fourth-order valence-electron chi connectivity index (χ4n) is 2.12. The third-order valence-electron chi connectivity index (χ3n) is 3.10. The minimum atomic E-state index is 0.799. The molecule has 0 unspecified atom stereocenters. The minimum absolute atomic E-state index is 0.799. The molecule has 0 fully saturated rings. The molecule has 3 rings (SSSR count). The van der Waals surface area contributed by atoms with Crippen molar-refractivity contribution < 1.29 is 0 Å². The van der Waals surface area contributed by atoms with E-state index in [1.165, 1.54) is 16.7 Å². The summed E-state index contributed by atoms with van der Waals surface area (Å²) in [7, 11) is 0. The summed E-state index contributed by atoms with van der Waals surface area (Å²) in [6.45, 7) is 4.84. The van der Waals surface area contributed by atoms with Crippen molar-refractivity contribution in [3.8, 4) is 11.1 Å². The van der Waals surface area contributed by atoms with Crippen LogP contribution < -0.4 is 0 Å². The largest absolute Gasteiger partial charge is 0.288 e. The molecular weight excluding hydrogens is 210 g/mol. The molecule has 0 spiro atoms. The first kappa shape index (κ1) is 10.1. The van der Waals surface area contributed by atoms with Gasteiger partial charge >= 0.3 is 0 Å². The second kappa shape index (κ2) is 3.77. The summed E-state index contributed by atoms with van der Waals surface area (Å²) in [4.78, 5) is 12.8. The lowest BCUT2D eigenvalue weighted by molar-refractivity contribution is 1.05. The average Bonchev–Trinajstić information content (AvgIpc) is 2.78. The molecule has 1 aromatic heterocycles. The van der Waals surface area contributed by atoms with Crippen molar-refractivity contribution >= 4 is 6.21 Å². The molecule has 17 heavy (non-hydrogen) atoms. The number of aryl methyl sites for hydroxylation is 2. The molecule has 0 atom stereocenters. The summed E-state index contributed by atoms with van der Waals surface area (Å²) >= 11 is 0. The molecule has 3 heteroatoms. The standard InChI is InChI=1S/C14H13N3/c1-9-3-11(4-12-5-15-8-14(9)12)13-6-16-10(2)17-7-13/h3-7H,8H2,1-2H3. The summed E-state index contributed by atoms with van der Waals surface area (Å²) in [6.07, 6.45) is 5.69. The molecule has 1 aliphatic rings. The van der Waals surface area contributed by atoms with E-state index in [9.17, 15) is 0 Å². The van der Waals surface area contributed by atoms with E-state index in [0.29, 0.717) is 0 Å². The van der Waals surface area contributed by atoms with Gasteiger partial charge in [-0.05, 0) is 42.2 Å². The molecule has 0 saturated carbocycles. The van der Waals surface area contributed by atoms with E-state index in [4.69, 9.17) is 0 Å². The van der Waals surface area contributed by atoms with E-state index in [-0.39, 0.29) is 0 Å². The smallest absolute Gasteiger partial charge is 0.125 e. The molecule has 0 amide bonds. The number of hydrogen-bond donors (Lipinski definition) is 0. The zero-order chi connectivity index (χ0) is 11.8. The Balaban J connectivity index is 2.12. The fourth-order valence-corrected chi connectivity index (χ4v) is 2.12. The van der Waals surface area contributed by atoms with E-state index >= 15 is 0 Å². The van der Waals surface area contributed by atoms with E-state index in [1.54, 1.807) is 0 Å². The monoisotopic (exact) mass is 223 g/mol. The first-order valence-corrected chi connectivity index (χ1v) is 5.66. The van der Waals surface area contributed by atoms with Crippen LogP contribution in [0.3, 0.4) is 0 Å². The zero-order valence-electron chi connectivity index (χ0n) is 9.94. The Hall–Kier alpha value is -2.03. The highest BCUT2D eigenvalue weighted by atomic mass is 14.8. The number of rotatable bonds is 1. The molecule has 0 saturated heterocycles. The first-order valence-electron chi connectivity index (χ1n) is 5.66. The Bertz CT molecular complexity index is 598. The van der Waals surface area contributed by atoms with Crippen molar-refractivity contribution in [2.24, 2.45) is 4.99 Å². The maximum absolute atomic E-state index is 4.30. The second-order valence-electron chi connectivity index (χ2n) is 4.35. The number of aliphatic imine (C=N–C) groups is 1. The molecule has 0 bridgehead atoms. The van der Waals surface area contributed by atoms with Gasteiger partial charge in [0.1, 0.15) is 5.82 Å². The molecular formula is C14H13N3. The number of aromatic nitrogens is 2. The Labute approximate surface area is 100 Å². The maximum Gasteiger partial charge on any atom is 0.125 e. The predicted molar refractivity (Wildman–Crippen MR) is 68.2 cm³/mol. The van der Waals surface area contributed by atoms with Crippen molar-refractivity contribution in [3.05, 3.63) is 47.0 Å². The van der Waals surface area contributed by atoms with Crippen molar-refractivity contribution in [2.75, 3.05) is 0 Å². The van der Waals surface area contributed by atoms with Crippen LogP contribution in [0.2, 0.25) is 0 Å². The lowest BCUT2D eigenvalue weighted by Crippen LogP contribution is -1.93. The molecule has 1 aliphatic heterocycles. The van der Waals surface area contributed by atoms with Gasteiger partial charge in [0.05, 0.1) is 6.54 Å². The SMILES string of the molecule is Cc1ncc(-c2cc(C)c3c(c2)C=NC3)cn1. The highest BCUT2D eigenvalue weighted by Crippen LogP contribution is 2.26. The van der Waals surface area contributed by atoms with Crippen molar-refractivity contribution in [3.63, 3.8) is 0 Å². The zero-order valence-corrected chi connectivity index (χ0v) is 9.94. The van der Waals surface area contributed by atoms with E-state index in [2.05, 4.69) is 34.0 Å². The normalized spacial score (nSPS) is 12.8. The Morgan fingerprint density at radius 2 is 1.76 bits per heavy atom.